The molecule has 258 valence electrons. The zero-order valence-electron chi connectivity index (χ0n) is 29.0. The van der Waals surface area contributed by atoms with Gasteiger partial charge in [-0.1, -0.05) is 136 Å². The van der Waals surface area contributed by atoms with Crippen molar-refractivity contribution in [1.82, 2.24) is 0 Å². The third-order valence-electron chi connectivity index (χ3n) is 7.67. The molecule has 0 aromatic heterocycles. The molecular weight excluding hydrogens is 565 g/mol. The summed E-state index contributed by atoms with van der Waals surface area (Å²) in [6.45, 7) is 5.52. The molecule has 0 aromatic rings. The maximum atomic E-state index is 12.3. The van der Waals surface area contributed by atoms with Crippen LogP contribution in [-0.2, 0) is 27.9 Å². The van der Waals surface area contributed by atoms with Crippen molar-refractivity contribution < 1.29 is 37.3 Å². The van der Waals surface area contributed by atoms with E-state index in [9.17, 15) is 14.3 Å². The fraction of sp³-hybridized carbons (Fsp3) is 0.971. The molecule has 0 aliphatic carbocycles. The first-order chi connectivity index (χ1) is 20.6. The minimum atomic E-state index is -4.24. The number of likely N-dealkylation sites (N-methyl/N-ethyl adjacent to an activating group) is 1. The minimum Gasteiger partial charge on any atom is -0.457 e. The van der Waals surface area contributed by atoms with Gasteiger partial charge in [-0.25, -0.2) is 4.57 Å². The molecule has 0 aromatic carbocycles. The second-order valence-electron chi connectivity index (χ2n) is 13.3. The SMILES string of the molecule is CCCCCCCCCCCCCCCCCCCOCC(COP(=O)(O)OCC[N+](C)(C)C)OC(=O)CCCCCC. The Kier molecular flexibility index (Phi) is 28.6. The Balaban J connectivity index is 4.03. The molecule has 0 saturated heterocycles. The molecule has 0 bridgehead atoms. The first-order valence-corrected chi connectivity index (χ1v) is 19.3. The van der Waals surface area contributed by atoms with Gasteiger partial charge in [-0.15, -0.1) is 0 Å². The number of nitrogens with zero attached hydrogens (tertiary/aromatic N) is 1. The van der Waals surface area contributed by atoms with Gasteiger partial charge < -0.3 is 18.9 Å². The average molecular weight is 637 g/mol. The van der Waals surface area contributed by atoms with Crippen LogP contribution in [0.2, 0.25) is 0 Å². The van der Waals surface area contributed by atoms with Crippen LogP contribution in [0.4, 0.5) is 0 Å². The third kappa shape index (κ3) is 32.7. The van der Waals surface area contributed by atoms with Gasteiger partial charge in [-0.3, -0.25) is 13.8 Å². The first kappa shape index (κ1) is 42.5. The highest BCUT2D eigenvalue weighted by atomic mass is 31.2. The van der Waals surface area contributed by atoms with Gasteiger partial charge in [0.1, 0.15) is 19.3 Å². The highest BCUT2D eigenvalue weighted by molar-refractivity contribution is 7.47. The quantitative estimate of drug-likeness (QED) is 0.0332. The molecule has 1 N–H and O–H groups in total. The number of hydrogen-bond donors (Lipinski definition) is 1. The Labute approximate surface area is 266 Å². The van der Waals surface area contributed by atoms with Crippen molar-refractivity contribution in [3.05, 3.63) is 0 Å². The van der Waals surface area contributed by atoms with Crippen molar-refractivity contribution in [2.24, 2.45) is 0 Å². The smallest absolute Gasteiger partial charge is 0.457 e. The van der Waals surface area contributed by atoms with Crippen molar-refractivity contribution in [1.29, 1.82) is 0 Å². The van der Waals surface area contributed by atoms with Gasteiger partial charge in [-0.05, 0) is 12.8 Å². The molecule has 0 amide bonds. The van der Waals surface area contributed by atoms with Crippen molar-refractivity contribution in [3.63, 3.8) is 0 Å². The Bertz CT molecular complexity index is 672. The minimum absolute atomic E-state index is 0.0922. The van der Waals surface area contributed by atoms with Crippen LogP contribution in [-0.4, -0.2) is 75.6 Å². The van der Waals surface area contributed by atoms with Gasteiger partial charge >= 0.3 is 13.8 Å². The summed E-state index contributed by atoms with van der Waals surface area (Å²) in [6, 6.07) is 0. The number of hydrogen-bond acceptors (Lipinski definition) is 6. The van der Waals surface area contributed by atoms with Crippen molar-refractivity contribution in [3.8, 4) is 0 Å². The largest absolute Gasteiger partial charge is 0.472 e. The Morgan fingerprint density at radius 3 is 1.53 bits per heavy atom. The number of unbranched alkanes of at least 4 members (excludes halogenated alkanes) is 19. The molecule has 0 aliphatic rings. The molecule has 0 fully saturated rings. The van der Waals surface area contributed by atoms with Crippen LogP contribution in [0.1, 0.15) is 155 Å². The molecule has 9 heteroatoms. The van der Waals surface area contributed by atoms with Crippen molar-refractivity contribution in [2.45, 2.75) is 161 Å². The second kappa shape index (κ2) is 28.9. The first-order valence-electron chi connectivity index (χ1n) is 17.8. The number of rotatable bonds is 33. The molecule has 0 rings (SSSR count). The summed E-state index contributed by atoms with van der Waals surface area (Å²) in [4.78, 5) is 22.4. The summed E-state index contributed by atoms with van der Waals surface area (Å²) in [5.74, 6) is -0.329. The molecule has 2 atom stereocenters. The fourth-order valence-corrected chi connectivity index (χ4v) is 5.59. The monoisotopic (exact) mass is 636 g/mol. The Morgan fingerprint density at radius 1 is 0.628 bits per heavy atom. The zero-order chi connectivity index (χ0) is 32.1. The van der Waals surface area contributed by atoms with Crippen LogP contribution < -0.4 is 0 Å². The molecule has 43 heavy (non-hydrogen) atoms. The highest BCUT2D eigenvalue weighted by Crippen LogP contribution is 2.43. The van der Waals surface area contributed by atoms with E-state index in [1.807, 2.05) is 21.1 Å². The lowest BCUT2D eigenvalue weighted by molar-refractivity contribution is -0.870. The molecule has 0 heterocycles. The molecule has 0 radical (unpaired) electrons. The Hall–Kier alpha value is -0.500. The van der Waals surface area contributed by atoms with Crippen LogP contribution in [0.25, 0.3) is 0 Å². The third-order valence-corrected chi connectivity index (χ3v) is 8.65. The molecule has 0 saturated carbocycles. The predicted octanol–water partition coefficient (Wildman–Crippen LogP) is 9.38. The van der Waals surface area contributed by atoms with E-state index in [0.717, 1.165) is 38.5 Å². The lowest BCUT2D eigenvalue weighted by atomic mass is 10.0. The number of phosphoric acid groups is 1. The number of esters is 1. The van der Waals surface area contributed by atoms with Crippen LogP contribution >= 0.6 is 7.82 Å². The van der Waals surface area contributed by atoms with E-state index in [1.54, 1.807) is 0 Å². The summed E-state index contributed by atoms with van der Waals surface area (Å²) in [5.41, 5.74) is 0. The van der Waals surface area contributed by atoms with E-state index < -0.39 is 13.9 Å². The fourth-order valence-electron chi connectivity index (χ4n) is 4.85. The maximum absolute atomic E-state index is 12.3. The van der Waals surface area contributed by atoms with Gasteiger partial charge in [0, 0.05) is 13.0 Å². The summed E-state index contributed by atoms with van der Waals surface area (Å²) in [5, 5.41) is 0. The molecule has 0 aliphatic heterocycles. The normalized spacial score (nSPS) is 14.1. The number of quaternary nitrogens is 1. The summed E-state index contributed by atoms with van der Waals surface area (Å²) in [6.07, 6.45) is 26.1. The summed E-state index contributed by atoms with van der Waals surface area (Å²) >= 11 is 0. The van der Waals surface area contributed by atoms with Crippen molar-refractivity contribution in [2.75, 3.05) is 54.1 Å². The number of ether oxygens (including phenoxy) is 2. The van der Waals surface area contributed by atoms with Gasteiger partial charge in [0.05, 0.1) is 34.4 Å². The maximum Gasteiger partial charge on any atom is 0.472 e. The van der Waals surface area contributed by atoms with E-state index >= 15 is 0 Å². The summed E-state index contributed by atoms with van der Waals surface area (Å²) in [7, 11) is 1.67. The van der Waals surface area contributed by atoms with E-state index in [-0.39, 0.29) is 25.8 Å². The lowest BCUT2D eigenvalue weighted by Crippen LogP contribution is -2.37. The van der Waals surface area contributed by atoms with Gasteiger partial charge in [-0.2, -0.15) is 0 Å². The molecule has 0 spiro atoms. The molecular formula is C34H71NO7P+. The molecule has 2 unspecified atom stereocenters. The number of carbonyl (C=O) groups is 1. The summed E-state index contributed by atoms with van der Waals surface area (Å²) < 4.78 is 34.5. The predicted molar refractivity (Wildman–Crippen MR) is 178 cm³/mol. The standard InChI is InChI=1S/C34H70NO7P/c1-6-8-10-12-13-14-15-16-17-18-19-20-21-22-23-24-26-29-39-31-33(42-34(36)27-25-11-9-7-2)32-41-43(37,38)40-30-28-35(3,4)5/h33H,6-32H2,1-5H3/p+1. The van der Waals surface area contributed by atoms with E-state index in [4.69, 9.17) is 18.5 Å². The number of phosphoric ester groups is 1. The van der Waals surface area contributed by atoms with Crippen LogP contribution in [0.15, 0.2) is 0 Å². The number of carbonyl (C=O) groups excluding carboxylic acids is 1. The van der Waals surface area contributed by atoms with Crippen LogP contribution in [0, 0.1) is 0 Å². The van der Waals surface area contributed by atoms with E-state index in [0.29, 0.717) is 24.1 Å². The van der Waals surface area contributed by atoms with E-state index in [1.165, 1.54) is 96.3 Å². The lowest BCUT2D eigenvalue weighted by Gasteiger charge is -2.24. The van der Waals surface area contributed by atoms with Crippen LogP contribution in [0.5, 0.6) is 0 Å². The highest BCUT2D eigenvalue weighted by Gasteiger charge is 2.26. The van der Waals surface area contributed by atoms with Gasteiger partial charge in [0.15, 0.2) is 0 Å². The zero-order valence-corrected chi connectivity index (χ0v) is 29.9. The molecule has 8 nitrogen and oxygen atoms in total. The average Bonchev–Trinajstić information content (AvgIpc) is 2.94. The topological polar surface area (TPSA) is 91.3 Å². The van der Waals surface area contributed by atoms with Gasteiger partial charge in [0.25, 0.3) is 0 Å². The van der Waals surface area contributed by atoms with Gasteiger partial charge in [0.2, 0.25) is 0 Å². The van der Waals surface area contributed by atoms with Crippen molar-refractivity contribution >= 4 is 13.8 Å². The van der Waals surface area contributed by atoms with E-state index in [2.05, 4.69) is 13.8 Å². The second-order valence-corrected chi connectivity index (χ2v) is 14.7. The Morgan fingerprint density at radius 2 is 1.07 bits per heavy atom. The van der Waals surface area contributed by atoms with Crippen LogP contribution in [0.3, 0.4) is 0 Å².